The van der Waals surface area contributed by atoms with Gasteiger partial charge in [0.1, 0.15) is 0 Å². The van der Waals surface area contributed by atoms with Crippen molar-refractivity contribution in [3.05, 3.63) is 34.9 Å². The second-order valence-corrected chi connectivity index (χ2v) is 7.36. The summed E-state index contributed by atoms with van der Waals surface area (Å²) in [6.45, 7) is 11.9. The monoisotopic (exact) mass is 287 g/mol. The first-order chi connectivity index (χ1) is 9.88. The number of hydrogen-bond acceptors (Lipinski definition) is 2. The maximum absolute atomic E-state index is 12.6. The van der Waals surface area contributed by atoms with E-state index in [0.717, 1.165) is 30.8 Å². The molecule has 0 radical (unpaired) electrons. The minimum atomic E-state index is 0.0929. The minimum Gasteiger partial charge on any atom is -0.303 e. The van der Waals surface area contributed by atoms with Crippen LogP contribution in [0.4, 0.5) is 0 Å². The number of benzene rings is 1. The van der Waals surface area contributed by atoms with Gasteiger partial charge in [-0.2, -0.15) is 0 Å². The highest BCUT2D eigenvalue weighted by molar-refractivity contribution is 5.97. The van der Waals surface area contributed by atoms with E-state index in [-0.39, 0.29) is 5.41 Å². The molecule has 0 bridgehead atoms. The van der Waals surface area contributed by atoms with Crippen LogP contribution in [-0.2, 0) is 5.41 Å². The Labute approximate surface area is 129 Å². The molecule has 1 fully saturated rings. The summed E-state index contributed by atoms with van der Waals surface area (Å²) in [5, 5.41) is 0. The van der Waals surface area contributed by atoms with E-state index in [0.29, 0.717) is 12.2 Å². The third kappa shape index (κ3) is 4.41. The van der Waals surface area contributed by atoms with Crippen molar-refractivity contribution in [2.75, 3.05) is 19.6 Å². The van der Waals surface area contributed by atoms with Crippen LogP contribution in [0.15, 0.2) is 18.2 Å². The first-order valence-corrected chi connectivity index (χ1v) is 8.24. The maximum Gasteiger partial charge on any atom is 0.164 e. The third-order valence-electron chi connectivity index (χ3n) is 4.51. The highest BCUT2D eigenvalue weighted by atomic mass is 16.1. The highest BCUT2D eigenvalue weighted by Crippen LogP contribution is 2.25. The van der Waals surface area contributed by atoms with Crippen LogP contribution in [0.25, 0.3) is 0 Å². The molecule has 0 saturated carbocycles. The summed E-state index contributed by atoms with van der Waals surface area (Å²) < 4.78 is 0. The van der Waals surface area contributed by atoms with E-state index in [1.54, 1.807) is 0 Å². The van der Waals surface area contributed by atoms with Crippen LogP contribution in [0.1, 0.15) is 67.9 Å². The predicted molar refractivity (Wildman–Crippen MR) is 89.1 cm³/mol. The van der Waals surface area contributed by atoms with Crippen LogP contribution in [0.3, 0.4) is 0 Å². The Kier molecular flexibility index (Phi) is 5.21. The molecule has 2 nitrogen and oxygen atoms in total. The first-order valence-electron chi connectivity index (χ1n) is 8.24. The molecule has 0 aromatic heterocycles. The molecule has 1 aliphatic rings. The number of likely N-dealkylation sites (tertiary alicyclic amines) is 1. The molecular weight excluding hydrogens is 258 g/mol. The van der Waals surface area contributed by atoms with Crippen molar-refractivity contribution < 1.29 is 4.79 Å². The minimum absolute atomic E-state index is 0.0929. The SMILES string of the molecule is Cc1ccc(C(C)(C)C)cc1C(=O)CCN1CCCCC1. The Balaban J connectivity index is 2.04. The number of ketones is 1. The van der Waals surface area contributed by atoms with E-state index in [9.17, 15) is 4.79 Å². The van der Waals surface area contributed by atoms with E-state index >= 15 is 0 Å². The molecule has 0 N–H and O–H groups in total. The summed E-state index contributed by atoms with van der Waals surface area (Å²) in [4.78, 5) is 15.0. The van der Waals surface area contributed by atoms with Crippen molar-refractivity contribution in [2.45, 2.75) is 58.8 Å². The third-order valence-corrected chi connectivity index (χ3v) is 4.51. The van der Waals surface area contributed by atoms with Gasteiger partial charge in [0.2, 0.25) is 0 Å². The van der Waals surface area contributed by atoms with Gasteiger partial charge in [-0.15, -0.1) is 0 Å². The Morgan fingerprint density at radius 2 is 1.81 bits per heavy atom. The number of aryl methyl sites for hydroxylation is 1. The fourth-order valence-electron chi connectivity index (χ4n) is 2.97. The van der Waals surface area contributed by atoms with Crippen LogP contribution >= 0.6 is 0 Å². The quantitative estimate of drug-likeness (QED) is 0.767. The standard InChI is InChI=1S/C19H29NO/c1-15-8-9-16(19(2,3)4)14-17(15)18(21)10-13-20-11-6-5-7-12-20/h8-9,14H,5-7,10-13H2,1-4H3. The van der Waals surface area contributed by atoms with Crippen molar-refractivity contribution in [3.63, 3.8) is 0 Å². The number of hydrogen-bond donors (Lipinski definition) is 0. The number of carbonyl (C=O) groups excluding carboxylic acids is 1. The molecule has 0 amide bonds. The molecular formula is C19H29NO. The van der Waals surface area contributed by atoms with Crippen LogP contribution < -0.4 is 0 Å². The topological polar surface area (TPSA) is 20.3 Å². The van der Waals surface area contributed by atoms with Gasteiger partial charge in [0, 0.05) is 18.5 Å². The van der Waals surface area contributed by atoms with E-state index in [4.69, 9.17) is 0 Å². The van der Waals surface area contributed by atoms with Gasteiger partial charge in [0.25, 0.3) is 0 Å². The van der Waals surface area contributed by atoms with E-state index in [1.807, 2.05) is 6.92 Å². The zero-order chi connectivity index (χ0) is 15.5. The van der Waals surface area contributed by atoms with Crippen molar-refractivity contribution in [1.82, 2.24) is 4.90 Å². The average molecular weight is 287 g/mol. The van der Waals surface area contributed by atoms with Crippen molar-refractivity contribution in [2.24, 2.45) is 0 Å². The smallest absolute Gasteiger partial charge is 0.164 e. The molecule has 0 unspecified atom stereocenters. The van der Waals surface area contributed by atoms with Crippen LogP contribution in [0.2, 0.25) is 0 Å². The Bertz CT molecular complexity index is 493. The normalized spacial score (nSPS) is 17.0. The van der Waals surface area contributed by atoms with Crippen LogP contribution in [0, 0.1) is 6.92 Å². The largest absolute Gasteiger partial charge is 0.303 e. The molecule has 1 saturated heterocycles. The van der Waals surface area contributed by atoms with Gasteiger partial charge in [-0.05, 0) is 55.5 Å². The fraction of sp³-hybridized carbons (Fsp3) is 0.632. The van der Waals surface area contributed by atoms with Gasteiger partial charge in [0.15, 0.2) is 5.78 Å². The molecule has 1 heterocycles. The zero-order valence-corrected chi connectivity index (χ0v) is 14.0. The fourth-order valence-corrected chi connectivity index (χ4v) is 2.97. The van der Waals surface area contributed by atoms with Gasteiger partial charge in [-0.3, -0.25) is 4.79 Å². The molecule has 2 rings (SSSR count). The van der Waals surface area contributed by atoms with E-state index < -0.39 is 0 Å². The van der Waals surface area contributed by atoms with Crippen molar-refractivity contribution in [1.29, 1.82) is 0 Å². The number of piperidine rings is 1. The molecule has 1 aromatic carbocycles. The second kappa shape index (κ2) is 6.74. The molecule has 116 valence electrons. The Morgan fingerprint density at radius 1 is 1.14 bits per heavy atom. The molecule has 1 aromatic rings. The summed E-state index contributed by atoms with van der Waals surface area (Å²) in [6, 6.07) is 6.35. The Hall–Kier alpha value is -1.15. The lowest BCUT2D eigenvalue weighted by molar-refractivity contribution is 0.0958. The van der Waals surface area contributed by atoms with Crippen LogP contribution in [0.5, 0.6) is 0 Å². The number of carbonyl (C=O) groups is 1. The maximum atomic E-state index is 12.6. The molecule has 1 aliphatic heterocycles. The summed E-state index contributed by atoms with van der Waals surface area (Å²) in [5.41, 5.74) is 3.36. The second-order valence-electron chi connectivity index (χ2n) is 7.36. The first kappa shape index (κ1) is 16.2. The highest BCUT2D eigenvalue weighted by Gasteiger charge is 2.18. The lowest BCUT2D eigenvalue weighted by atomic mass is 9.84. The number of rotatable bonds is 4. The van der Waals surface area contributed by atoms with E-state index in [1.165, 1.54) is 24.8 Å². The lowest BCUT2D eigenvalue weighted by Gasteiger charge is -2.26. The summed E-state index contributed by atoms with van der Waals surface area (Å²) in [6.07, 6.45) is 4.56. The van der Waals surface area contributed by atoms with Gasteiger partial charge in [-0.1, -0.05) is 39.3 Å². The number of nitrogens with zero attached hydrogens (tertiary/aromatic N) is 1. The summed E-state index contributed by atoms with van der Waals surface area (Å²) in [5.74, 6) is 0.296. The Morgan fingerprint density at radius 3 is 2.43 bits per heavy atom. The lowest BCUT2D eigenvalue weighted by Crippen LogP contribution is -2.31. The molecule has 0 aliphatic carbocycles. The zero-order valence-electron chi connectivity index (χ0n) is 14.0. The van der Waals surface area contributed by atoms with Crippen molar-refractivity contribution in [3.8, 4) is 0 Å². The predicted octanol–water partition coefficient (Wildman–Crippen LogP) is 4.35. The van der Waals surface area contributed by atoms with Gasteiger partial charge >= 0.3 is 0 Å². The molecule has 2 heteroatoms. The van der Waals surface area contributed by atoms with Gasteiger partial charge in [0.05, 0.1) is 0 Å². The van der Waals surface area contributed by atoms with Crippen LogP contribution in [-0.4, -0.2) is 30.3 Å². The van der Waals surface area contributed by atoms with Gasteiger partial charge < -0.3 is 4.90 Å². The van der Waals surface area contributed by atoms with Crippen molar-refractivity contribution >= 4 is 5.78 Å². The molecule has 21 heavy (non-hydrogen) atoms. The average Bonchev–Trinajstić information content (AvgIpc) is 2.45. The molecule has 0 spiro atoms. The van der Waals surface area contributed by atoms with E-state index in [2.05, 4.69) is 43.9 Å². The van der Waals surface area contributed by atoms with Gasteiger partial charge in [-0.25, -0.2) is 0 Å². The molecule has 0 atom stereocenters. The summed E-state index contributed by atoms with van der Waals surface area (Å²) in [7, 11) is 0. The summed E-state index contributed by atoms with van der Waals surface area (Å²) >= 11 is 0. The number of Topliss-reactive ketones (excluding diaryl/α,β-unsaturated/α-hetero) is 1.